The maximum Gasteiger partial charge on any atom is 0.389 e. The molecule has 0 saturated heterocycles. The van der Waals surface area contributed by atoms with E-state index in [9.17, 15) is 13.2 Å². The highest BCUT2D eigenvalue weighted by molar-refractivity contribution is 4.98. The average molecular weight is 219 g/mol. The van der Waals surface area contributed by atoms with Crippen molar-refractivity contribution in [1.29, 1.82) is 0 Å². The molecule has 0 aliphatic rings. The molecule has 1 N–H and O–H groups in total. The number of nitrogens with one attached hydrogen (secondary N) is 1. The van der Waals surface area contributed by atoms with Crippen molar-refractivity contribution >= 4 is 0 Å². The molecule has 1 heterocycles. The van der Waals surface area contributed by atoms with Gasteiger partial charge < -0.3 is 5.32 Å². The molecule has 0 atom stereocenters. The van der Waals surface area contributed by atoms with Crippen molar-refractivity contribution in [2.45, 2.75) is 25.6 Å². The fourth-order valence-electron chi connectivity index (χ4n) is 1.06. The van der Waals surface area contributed by atoms with Crippen molar-refractivity contribution < 1.29 is 13.2 Å². The van der Waals surface area contributed by atoms with Crippen molar-refractivity contribution in [2.24, 2.45) is 0 Å². The van der Waals surface area contributed by atoms with E-state index in [1.165, 1.54) is 0 Å². The van der Waals surface area contributed by atoms with Crippen molar-refractivity contribution in [1.82, 2.24) is 15.5 Å². The monoisotopic (exact) mass is 219 g/mol. The standard InChI is InChI=1S/C9H12F3N3/c10-9(11,12)4-2-5-13-7-8-3-1-6-14-15-8/h1,3,6,13H,2,4-5,7H2. The Morgan fingerprint density at radius 1 is 1.33 bits per heavy atom. The van der Waals surface area contributed by atoms with Gasteiger partial charge in [-0.15, -0.1) is 0 Å². The molecule has 0 aliphatic carbocycles. The molecule has 3 nitrogen and oxygen atoms in total. The van der Waals surface area contributed by atoms with E-state index in [1.54, 1.807) is 18.3 Å². The molecule has 0 saturated carbocycles. The minimum atomic E-state index is -4.06. The van der Waals surface area contributed by atoms with Crippen LogP contribution in [-0.4, -0.2) is 22.9 Å². The molecule has 0 spiro atoms. The zero-order valence-electron chi connectivity index (χ0n) is 8.09. The normalized spacial score (nSPS) is 11.7. The molecular weight excluding hydrogens is 207 g/mol. The molecule has 84 valence electrons. The summed E-state index contributed by atoms with van der Waals surface area (Å²) in [6.45, 7) is 0.780. The fourth-order valence-corrected chi connectivity index (χ4v) is 1.06. The second kappa shape index (κ2) is 5.65. The van der Waals surface area contributed by atoms with Crippen LogP contribution in [0.2, 0.25) is 0 Å². The van der Waals surface area contributed by atoms with Crippen molar-refractivity contribution in [2.75, 3.05) is 6.54 Å². The topological polar surface area (TPSA) is 37.8 Å². The third-order valence-electron chi connectivity index (χ3n) is 1.75. The molecule has 1 aromatic rings. The second-order valence-corrected chi connectivity index (χ2v) is 3.11. The smallest absolute Gasteiger partial charge is 0.311 e. The Morgan fingerprint density at radius 3 is 2.73 bits per heavy atom. The van der Waals surface area contributed by atoms with Gasteiger partial charge in [0.1, 0.15) is 0 Å². The summed E-state index contributed by atoms with van der Waals surface area (Å²) in [7, 11) is 0. The van der Waals surface area contributed by atoms with E-state index >= 15 is 0 Å². The van der Waals surface area contributed by atoms with Crippen molar-refractivity contribution in [3.05, 3.63) is 24.0 Å². The Morgan fingerprint density at radius 2 is 2.13 bits per heavy atom. The summed E-state index contributed by atoms with van der Waals surface area (Å²) in [6, 6.07) is 3.50. The second-order valence-electron chi connectivity index (χ2n) is 3.11. The summed E-state index contributed by atoms with van der Waals surface area (Å²) in [5, 5.41) is 10.3. The quantitative estimate of drug-likeness (QED) is 0.769. The highest BCUT2D eigenvalue weighted by atomic mass is 19.4. The number of alkyl halides is 3. The minimum Gasteiger partial charge on any atom is -0.311 e. The highest BCUT2D eigenvalue weighted by Gasteiger charge is 2.25. The van der Waals surface area contributed by atoms with Gasteiger partial charge in [-0.2, -0.15) is 23.4 Å². The van der Waals surface area contributed by atoms with Gasteiger partial charge in [0, 0.05) is 19.2 Å². The van der Waals surface area contributed by atoms with Gasteiger partial charge in [-0.25, -0.2) is 0 Å². The summed E-state index contributed by atoms with van der Waals surface area (Å²) in [5.41, 5.74) is 0.726. The van der Waals surface area contributed by atoms with Gasteiger partial charge in [-0.1, -0.05) is 0 Å². The molecule has 0 bridgehead atoms. The molecule has 1 aromatic heterocycles. The van der Waals surface area contributed by atoms with Gasteiger partial charge in [0.25, 0.3) is 0 Å². The Balaban J connectivity index is 2.08. The first-order valence-corrected chi connectivity index (χ1v) is 4.62. The Labute approximate surface area is 85.7 Å². The molecule has 0 amide bonds. The zero-order chi connectivity index (χ0) is 11.1. The summed E-state index contributed by atoms with van der Waals surface area (Å²) in [6.07, 6.45) is -3.17. The van der Waals surface area contributed by atoms with Crippen LogP contribution < -0.4 is 5.32 Å². The zero-order valence-corrected chi connectivity index (χ0v) is 8.09. The molecule has 6 heteroatoms. The molecule has 0 aromatic carbocycles. The summed E-state index contributed by atoms with van der Waals surface area (Å²) in [5.74, 6) is 0. The van der Waals surface area contributed by atoms with Crippen LogP contribution in [0.5, 0.6) is 0 Å². The molecular formula is C9H12F3N3. The van der Waals surface area contributed by atoms with E-state index < -0.39 is 12.6 Å². The van der Waals surface area contributed by atoms with Gasteiger partial charge in [0.15, 0.2) is 0 Å². The van der Waals surface area contributed by atoms with E-state index in [0.717, 1.165) is 5.69 Å². The average Bonchev–Trinajstić information content (AvgIpc) is 2.17. The van der Waals surface area contributed by atoms with Gasteiger partial charge in [0.05, 0.1) is 5.69 Å². The lowest BCUT2D eigenvalue weighted by Crippen LogP contribution is -2.18. The molecule has 0 fully saturated rings. The van der Waals surface area contributed by atoms with Crippen molar-refractivity contribution in [3.8, 4) is 0 Å². The van der Waals surface area contributed by atoms with Crippen LogP contribution in [0.4, 0.5) is 13.2 Å². The van der Waals surface area contributed by atoms with Gasteiger partial charge >= 0.3 is 6.18 Å². The Bertz CT molecular complexity index is 274. The van der Waals surface area contributed by atoms with Crippen molar-refractivity contribution in [3.63, 3.8) is 0 Å². The summed E-state index contributed by atoms with van der Waals surface area (Å²) in [4.78, 5) is 0. The highest BCUT2D eigenvalue weighted by Crippen LogP contribution is 2.20. The van der Waals surface area contributed by atoms with Gasteiger partial charge in [-0.3, -0.25) is 0 Å². The Hall–Kier alpha value is -1.17. The van der Waals surface area contributed by atoms with Crippen LogP contribution in [0.15, 0.2) is 18.3 Å². The maximum absolute atomic E-state index is 11.8. The summed E-state index contributed by atoms with van der Waals surface area (Å²) >= 11 is 0. The molecule has 0 unspecified atom stereocenters. The third-order valence-corrected chi connectivity index (χ3v) is 1.75. The SMILES string of the molecule is FC(F)(F)CCCNCc1cccnn1. The molecule has 1 rings (SSSR count). The fraction of sp³-hybridized carbons (Fsp3) is 0.556. The molecule has 15 heavy (non-hydrogen) atoms. The Kier molecular flexibility index (Phi) is 4.48. The first kappa shape index (κ1) is 11.9. The first-order valence-electron chi connectivity index (χ1n) is 4.62. The number of hydrogen-bond donors (Lipinski definition) is 1. The van der Waals surface area contributed by atoms with E-state index in [0.29, 0.717) is 13.1 Å². The van der Waals surface area contributed by atoms with Crippen LogP contribution >= 0.6 is 0 Å². The van der Waals surface area contributed by atoms with Crippen LogP contribution in [-0.2, 0) is 6.54 Å². The van der Waals surface area contributed by atoms with E-state index in [2.05, 4.69) is 15.5 Å². The largest absolute Gasteiger partial charge is 0.389 e. The lowest BCUT2D eigenvalue weighted by atomic mass is 10.3. The number of rotatable bonds is 5. The minimum absolute atomic E-state index is 0.0871. The number of halogens is 3. The predicted molar refractivity (Wildman–Crippen MR) is 49.0 cm³/mol. The van der Waals surface area contributed by atoms with Crippen LogP contribution in [0.1, 0.15) is 18.5 Å². The van der Waals surface area contributed by atoms with E-state index in [-0.39, 0.29) is 6.42 Å². The van der Waals surface area contributed by atoms with E-state index in [1.807, 2.05) is 0 Å². The van der Waals surface area contributed by atoms with Crippen LogP contribution in [0, 0.1) is 0 Å². The van der Waals surface area contributed by atoms with Gasteiger partial charge in [-0.05, 0) is 25.1 Å². The van der Waals surface area contributed by atoms with Gasteiger partial charge in [0.2, 0.25) is 0 Å². The molecule has 0 radical (unpaired) electrons. The van der Waals surface area contributed by atoms with E-state index in [4.69, 9.17) is 0 Å². The third kappa shape index (κ3) is 6.01. The van der Waals surface area contributed by atoms with Crippen LogP contribution in [0.25, 0.3) is 0 Å². The number of hydrogen-bond acceptors (Lipinski definition) is 3. The maximum atomic E-state index is 11.8. The number of aromatic nitrogens is 2. The lowest BCUT2D eigenvalue weighted by molar-refractivity contribution is -0.135. The van der Waals surface area contributed by atoms with Crippen LogP contribution in [0.3, 0.4) is 0 Å². The predicted octanol–water partition coefficient (Wildman–Crippen LogP) is 1.91. The lowest BCUT2D eigenvalue weighted by Gasteiger charge is -2.06. The summed E-state index contributed by atoms with van der Waals surface area (Å²) < 4.78 is 35.3. The molecule has 0 aliphatic heterocycles. The first-order chi connectivity index (χ1) is 7.08. The number of nitrogens with zero attached hydrogens (tertiary/aromatic N) is 2.